The Kier molecular flexibility index (Phi) is 5.94. The smallest absolute Gasteiger partial charge is 0.265 e. The molecule has 0 saturated carbocycles. The number of rotatable bonds is 6. The molecule has 0 saturated heterocycles. The van der Waals surface area contributed by atoms with Gasteiger partial charge in [0.1, 0.15) is 4.88 Å². The number of carbonyl (C=O) groups is 1. The van der Waals surface area contributed by atoms with E-state index in [0.717, 1.165) is 10.3 Å². The molecule has 1 heterocycles. The normalized spacial score (nSPS) is 10.4. The molecule has 0 aromatic carbocycles. The van der Waals surface area contributed by atoms with Crippen molar-refractivity contribution in [2.24, 2.45) is 0 Å². The maximum absolute atomic E-state index is 12.1. The Labute approximate surface area is 108 Å². The van der Waals surface area contributed by atoms with Gasteiger partial charge >= 0.3 is 0 Å². The number of hydrogen-bond donors (Lipinski definition) is 0. The molecule has 0 aliphatic rings. The van der Waals surface area contributed by atoms with Gasteiger partial charge in [0, 0.05) is 25.5 Å². The second kappa shape index (κ2) is 6.98. The molecule has 1 aromatic heterocycles. The van der Waals surface area contributed by atoms with Gasteiger partial charge in [0.2, 0.25) is 0 Å². The summed E-state index contributed by atoms with van der Waals surface area (Å²) in [4.78, 5) is 18.6. The molecule has 1 amide bonds. The minimum absolute atomic E-state index is 0.0297. The Balaban J connectivity index is 2.66. The molecule has 0 spiro atoms. The van der Waals surface area contributed by atoms with Crippen LogP contribution in [0.1, 0.15) is 14.7 Å². The Bertz CT molecular complexity index is 343. The first-order chi connectivity index (χ1) is 7.69. The summed E-state index contributed by atoms with van der Waals surface area (Å²) >= 11 is 4.77. The molecule has 0 unspecified atom stereocenters. The Morgan fingerprint density at radius 2 is 2.38 bits per heavy atom. The van der Waals surface area contributed by atoms with Crippen molar-refractivity contribution in [1.29, 1.82) is 0 Å². The predicted molar refractivity (Wildman–Crippen MR) is 68.4 cm³/mol. The van der Waals surface area contributed by atoms with E-state index in [2.05, 4.69) is 20.9 Å². The highest BCUT2D eigenvalue weighted by Gasteiger charge is 2.16. The van der Waals surface area contributed by atoms with Gasteiger partial charge < -0.3 is 9.64 Å². The summed E-state index contributed by atoms with van der Waals surface area (Å²) in [6.45, 7) is 3.74. The molecule has 0 fully saturated rings. The van der Waals surface area contributed by atoms with Crippen molar-refractivity contribution in [2.45, 2.75) is 6.92 Å². The lowest BCUT2D eigenvalue weighted by Crippen LogP contribution is -2.35. The summed E-state index contributed by atoms with van der Waals surface area (Å²) in [7, 11) is 1.63. The average molecular weight is 307 g/mol. The molecule has 0 aliphatic carbocycles. The molecule has 0 aliphatic heterocycles. The molecule has 1 aromatic rings. The fourth-order valence-electron chi connectivity index (χ4n) is 1.23. The number of alkyl halides is 1. The van der Waals surface area contributed by atoms with Crippen LogP contribution < -0.4 is 0 Å². The summed E-state index contributed by atoms with van der Waals surface area (Å²) in [5, 5.41) is 1.68. The van der Waals surface area contributed by atoms with Crippen LogP contribution >= 0.6 is 27.3 Å². The maximum Gasteiger partial charge on any atom is 0.265 e. The minimum Gasteiger partial charge on any atom is -0.383 e. The van der Waals surface area contributed by atoms with Gasteiger partial charge in [-0.25, -0.2) is 4.98 Å². The van der Waals surface area contributed by atoms with Gasteiger partial charge in [0.15, 0.2) is 0 Å². The van der Waals surface area contributed by atoms with Crippen LogP contribution in [0.5, 0.6) is 0 Å². The van der Waals surface area contributed by atoms with E-state index >= 15 is 0 Å². The standard InChI is InChI=1S/C10H15BrN2O2S/c1-8-12-7-9(16-8)10(14)13(4-3-11)5-6-15-2/h7H,3-6H2,1-2H3. The van der Waals surface area contributed by atoms with E-state index in [4.69, 9.17) is 4.74 Å². The van der Waals surface area contributed by atoms with Crippen molar-refractivity contribution in [1.82, 2.24) is 9.88 Å². The summed E-state index contributed by atoms with van der Waals surface area (Å²) in [6.07, 6.45) is 1.64. The molecule has 6 heteroatoms. The zero-order chi connectivity index (χ0) is 12.0. The molecule has 1 rings (SSSR count). The second-order valence-corrected chi connectivity index (χ2v) is 5.25. The number of amides is 1. The molecule has 4 nitrogen and oxygen atoms in total. The fourth-order valence-corrected chi connectivity index (χ4v) is 2.41. The number of aromatic nitrogens is 1. The van der Waals surface area contributed by atoms with Gasteiger partial charge in [-0.3, -0.25) is 4.79 Å². The van der Waals surface area contributed by atoms with Crippen molar-refractivity contribution in [3.05, 3.63) is 16.1 Å². The largest absolute Gasteiger partial charge is 0.383 e. The molecular formula is C10H15BrN2O2S. The van der Waals surface area contributed by atoms with E-state index in [9.17, 15) is 4.79 Å². The summed E-state index contributed by atoms with van der Waals surface area (Å²) in [5.41, 5.74) is 0. The van der Waals surface area contributed by atoms with E-state index in [0.29, 0.717) is 24.6 Å². The van der Waals surface area contributed by atoms with Crippen molar-refractivity contribution in [3.8, 4) is 0 Å². The van der Waals surface area contributed by atoms with Gasteiger partial charge in [0.05, 0.1) is 17.8 Å². The quantitative estimate of drug-likeness (QED) is 0.754. The van der Waals surface area contributed by atoms with Crippen LogP contribution in [0.15, 0.2) is 6.20 Å². The van der Waals surface area contributed by atoms with Gasteiger partial charge in [0.25, 0.3) is 5.91 Å². The Hall–Kier alpha value is -0.460. The topological polar surface area (TPSA) is 42.4 Å². The first kappa shape index (κ1) is 13.6. The van der Waals surface area contributed by atoms with Crippen LogP contribution in [0.3, 0.4) is 0 Å². The first-order valence-electron chi connectivity index (χ1n) is 4.95. The van der Waals surface area contributed by atoms with Crippen molar-refractivity contribution >= 4 is 33.2 Å². The van der Waals surface area contributed by atoms with Crippen LogP contribution in [-0.4, -0.2) is 47.9 Å². The molecule has 0 N–H and O–H groups in total. The molecular weight excluding hydrogens is 292 g/mol. The van der Waals surface area contributed by atoms with Crippen LogP contribution in [0.25, 0.3) is 0 Å². The number of halogens is 1. The van der Waals surface area contributed by atoms with E-state index in [1.165, 1.54) is 11.3 Å². The monoisotopic (exact) mass is 306 g/mol. The highest BCUT2D eigenvalue weighted by Crippen LogP contribution is 2.14. The lowest BCUT2D eigenvalue weighted by atomic mass is 10.4. The number of thiazole rings is 1. The van der Waals surface area contributed by atoms with Gasteiger partial charge in [-0.05, 0) is 6.92 Å². The van der Waals surface area contributed by atoms with E-state index in [1.54, 1.807) is 18.2 Å². The second-order valence-electron chi connectivity index (χ2n) is 3.22. The predicted octanol–water partition coefficient (Wildman–Crippen LogP) is 1.94. The number of methoxy groups -OCH3 is 1. The zero-order valence-corrected chi connectivity index (χ0v) is 11.8. The molecule has 16 heavy (non-hydrogen) atoms. The summed E-state index contributed by atoms with van der Waals surface area (Å²) in [5.74, 6) is 0.0297. The third kappa shape index (κ3) is 3.84. The number of ether oxygens (including phenoxy) is 1. The lowest BCUT2D eigenvalue weighted by Gasteiger charge is -2.20. The first-order valence-corrected chi connectivity index (χ1v) is 6.89. The highest BCUT2D eigenvalue weighted by molar-refractivity contribution is 9.09. The third-order valence-corrected chi connectivity index (χ3v) is 3.29. The molecule has 0 atom stereocenters. The summed E-state index contributed by atoms with van der Waals surface area (Å²) in [6, 6.07) is 0. The SMILES string of the molecule is COCCN(CCBr)C(=O)c1cnc(C)s1. The van der Waals surface area contributed by atoms with Gasteiger partial charge in [-0.2, -0.15) is 0 Å². The summed E-state index contributed by atoms with van der Waals surface area (Å²) < 4.78 is 4.99. The van der Waals surface area contributed by atoms with Crippen LogP contribution in [0, 0.1) is 6.92 Å². The van der Waals surface area contributed by atoms with Crippen molar-refractivity contribution < 1.29 is 9.53 Å². The van der Waals surface area contributed by atoms with E-state index in [1.807, 2.05) is 6.92 Å². The molecule has 0 radical (unpaired) electrons. The Morgan fingerprint density at radius 1 is 1.62 bits per heavy atom. The third-order valence-electron chi connectivity index (χ3n) is 2.04. The highest BCUT2D eigenvalue weighted by atomic mass is 79.9. The Morgan fingerprint density at radius 3 is 2.88 bits per heavy atom. The zero-order valence-electron chi connectivity index (χ0n) is 9.40. The average Bonchev–Trinajstić information content (AvgIpc) is 2.70. The number of nitrogens with zero attached hydrogens (tertiary/aromatic N) is 2. The van der Waals surface area contributed by atoms with Crippen LogP contribution in [0.2, 0.25) is 0 Å². The number of hydrogen-bond acceptors (Lipinski definition) is 4. The minimum atomic E-state index is 0.0297. The number of carbonyl (C=O) groups excluding carboxylic acids is 1. The van der Waals surface area contributed by atoms with Crippen LogP contribution in [0.4, 0.5) is 0 Å². The van der Waals surface area contributed by atoms with Crippen molar-refractivity contribution in [3.63, 3.8) is 0 Å². The van der Waals surface area contributed by atoms with Gasteiger partial charge in [-0.1, -0.05) is 15.9 Å². The lowest BCUT2D eigenvalue weighted by molar-refractivity contribution is 0.0713. The van der Waals surface area contributed by atoms with E-state index < -0.39 is 0 Å². The number of aryl methyl sites for hydroxylation is 1. The van der Waals surface area contributed by atoms with Crippen LogP contribution in [-0.2, 0) is 4.74 Å². The molecule has 0 bridgehead atoms. The van der Waals surface area contributed by atoms with Gasteiger partial charge in [-0.15, -0.1) is 11.3 Å². The van der Waals surface area contributed by atoms with Crippen molar-refractivity contribution in [2.75, 3.05) is 32.1 Å². The molecule has 90 valence electrons. The van der Waals surface area contributed by atoms with E-state index in [-0.39, 0.29) is 5.91 Å². The fraction of sp³-hybridized carbons (Fsp3) is 0.600. The maximum atomic E-state index is 12.1.